The van der Waals surface area contributed by atoms with E-state index < -0.39 is 0 Å². The topological polar surface area (TPSA) is 86.0 Å². The molecule has 0 aromatic heterocycles. The second-order valence-corrected chi connectivity index (χ2v) is 2.94. The fourth-order valence-corrected chi connectivity index (χ4v) is 0.967. The molecule has 1 aromatic carbocycles. The van der Waals surface area contributed by atoms with Crippen molar-refractivity contribution in [3.05, 3.63) is 42.5 Å². The Morgan fingerprint density at radius 3 is 2.56 bits per heavy atom. The first kappa shape index (κ1) is 11.8. The largest absolute Gasteiger partial charge is 0.490 e. The summed E-state index contributed by atoms with van der Waals surface area (Å²) in [6.07, 6.45) is 3.24. The van der Waals surface area contributed by atoms with Crippen LogP contribution >= 0.6 is 0 Å². The summed E-state index contributed by atoms with van der Waals surface area (Å²) < 4.78 is 5.32. The highest BCUT2D eigenvalue weighted by Gasteiger charge is 1.91. The lowest BCUT2D eigenvalue weighted by Gasteiger charge is -2.02. The van der Waals surface area contributed by atoms with Gasteiger partial charge in [-0.15, -0.1) is 5.10 Å². The van der Waals surface area contributed by atoms with E-state index in [0.29, 0.717) is 6.61 Å². The van der Waals surface area contributed by atoms with Crippen LogP contribution in [0.3, 0.4) is 0 Å². The normalized spacial score (nSPS) is 10.0. The molecule has 0 heterocycles. The number of hydrogen-bond donors (Lipinski definition) is 2. The lowest BCUT2D eigenvalue weighted by Crippen LogP contribution is -2.21. The fraction of sp³-hybridized carbons (Fsp3) is 0.0909. The average Bonchev–Trinajstić information content (AvgIpc) is 2.27. The van der Waals surface area contributed by atoms with E-state index in [2.05, 4.69) is 16.8 Å². The molecule has 0 aliphatic heterocycles. The molecule has 0 fully saturated rings. The SMILES string of the molecule is C=CCOc1ccc(C=NN=C(N)N)cc1. The molecule has 0 aliphatic rings. The molecule has 1 aromatic rings. The molecular formula is C11H14N4O. The standard InChI is InChI=1S/C11H14N4O/c1-2-7-16-10-5-3-9(4-6-10)8-14-15-11(12)13/h2-6,8H,1,7H2,(H4,12,13,15). The molecule has 0 unspecified atom stereocenters. The Morgan fingerprint density at radius 2 is 2.00 bits per heavy atom. The van der Waals surface area contributed by atoms with Crippen LogP contribution < -0.4 is 16.2 Å². The third-order valence-electron chi connectivity index (χ3n) is 1.63. The van der Waals surface area contributed by atoms with Gasteiger partial charge in [0.25, 0.3) is 0 Å². The molecule has 4 N–H and O–H groups in total. The minimum Gasteiger partial charge on any atom is -0.490 e. The van der Waals surface area contributed by atoms with Crippen LogP contribution in [0.5, 0.6) is 5.75 Å². The van der Waals surface area contributed by atoms with E-state index in [0.717, 1.165) is 11.3 Å². The summed E-state index contributed by atoms with van der Waals surface area (Å²) in [6.45, 7) is 4.05. The lowest BCUT2D eigenvalue weighted by atomic mass is 10.2. The summed E-state index contributed by atoms with van der Waals surface area (Å²) in [5.41, 5.74) is 11.1. The van der Waals surface area contributed by atoms with E-state index in [1.54, 1.807) is 12.3 Å². The highest BCUT2D eigenvalue weighted by molar-refractivity contribution is 5.81. The van der Waals surface area contributed by atoms with Crippen LogP contribution in [0.1, 0.15) is 5.56 Å². The summed E-state index contributed by atoms with van der Waals surface area (Å²) in [5, 5.41) is 7.18. The summed E-state index contributed by atoms with van der Waals surface area (Å²) in [6, 6.07) is 7.37. The third-order valence-corrected chi connectivity index (χ3v) is 1.63. The smallest absolute Gasteiger partial charge is 0.211 e. The van der Waals surface area contributed by atoms with Gasteiger partial charge in [-0.2, -0.15) is 5.10 Å². The van der Waals surface area contributed by atoms with Gasteiger partial charge in [0, 0.05) is 0 Å². The molecular weight excluding hydrogens is 204 g/mol. The van der Waals surface area contributed by atoms with Gasteiger partial charge in [0.2, 0.25) is 5.96 Å². The summed E-state index contributed by atoms with van der Waals surface area (Å²) in [7, 11) is 0. The molecule has 5 nitrogen and oxygen atoms in total. The zero-order chi connectivity index (χ0) is 11.8. The molecule has 84 valence electrons. The summed E-state index contributed by atoms with van der Waals surface area (Å²) in [5.74, 6) is 0.709. The maximum atomic E-state index is 5.32. The number of ether oxygens (including phenoxy) is 1. The molecule has 0 saturated carbocycles. The summed E-state index contributed by atoms with van der Waals surface area (Å²) >= 11 is 0. The first-order valence-electron chi connectivity index (χ1n) is 4.68. The van der Waals surface area contributed by atoms with E-state index in [9.17, 15) is 0 Å². The van der Waals surface area contributed by atoms with E-state index in [1.165, 1.54) is 0 Å². The predicted octanol–water partition coefficient (Wildman–Crippen LogP) is 0.859. The van der Waals surface area contributed by atoms with Crippen molar-refractivity contribution in [2.24, 2.45) is 21.7 Å². The Bertz CT molecular complexity index is 391. The highest BCUT2D eigenvalue weighted by Crippen LogP contribution is 2.10. The first-order valence-corrected chi connectivity index (χ1v) is 4.68. The Hall–Kier alpha value is -2.30. The van der Waals surface area contributed by atoms with Gasteiger partial charge in [-0.05, 0) is 29.8 Å². The number of rotatable bonds is 5. The van der Waals surface area contributed by atoms with E-state index in [4.69, 9.17) is 16.2 Å². The number of guanidine groups is 1. The maximum Gasteiger partial charge on any atom is 0.211 e. The third kappa shape index (κ3) is 4.28. The second kappa shape index (κ2) is 6.23. The molecule has 0 aliphatic carbocycles. The number of nitrogens with zero attached hydrogens (tertiary/aromatic N) is 2. The van der Waals surface area contributed by atoms with Crippen molar-refractivity contribution in [1.29, 1.82) is 0 Å². The fourth-order valence-electron chi connectivity index (χ4n) is 0.967. The van der Waals surface area contributed by atoms with Gasteiger partial charge in [0.1, 0.15) is 12.4 Å². The Balaban J connectivity index is 2.60. The van der Waals surface area contributed by atoms with Crippen molar-refractivity contribution in [3.63, 3.8) is 0 Å². The minimum atomic E-state index is -0.0674. The quantitative estimate of drug-likeness (QED) is 0.332. The van der Waals surface area contributed by atoms with Crippen LogP contribution in [0.25, 0.3) is 0 Å². The van der Waals surface area contributed by atoms with Gasteiger partial charge < -0.3 is 16.2 Å². The van der Waals surface area contributed by atoms with Gasteiger partial charge in [0.15, 0.2) is 0 Å². The van der Waals surface area contributed by atoms with E-state index in [1.807, 2.05) is 24.3 Å². The molecule has 0 atom stereocenters. The van der Waals surface area contributed by atoms with Crippen LogP contribution in [0.15, 0.2) is 47.1 Å². The number of nitrogens with two attached hydrogens (primary N) is 2. The Kier molecular flexibility index (Phi) is 4.59. The van der Waals surface area contributed by atoms with Crippen LogP contribution in [-0.2, 0) is 0 Å². The van der Waals surface area contributed by atoms with Crippen LogP contribution in [0.4, 0.5) is 0 Å². The van der Waals surface area contributed by atoms with Crippen molar-refractivity contribution in [2.45, 2.75) is 0 Å². The minimum absolute atomic E-state index is 0.0674. The van der Waals surface area contributed by atoms with E-state index in [-0.39, 0.29) is 5.96 Å². The zero-order valence-electron chi connectivity index (χ0n) is 8.84. The number of hydrogen-bond acceptors (Lipinski definition) is 3. The van der Waals surface area contributed by atoms with Gasteiger partial charge in [-0.25, -0.2) is 0 Å². The summed E-state index contributed by atoms with van der Waals surface area (Å²) in [4.78, 5) is 0. The van der Waals surface area contributed by atoms with Crippen LogP contribution in [-0.4, -0.2) is 18.8 Å². The second-order valence-electron chi connectivity index (χ2n) is 2.94. The molecule has 0 bridgehead atoms. The molecule has 5 heteroatoms. The predicted molar refractivity (Wildman–Crippen MR) is 65.5 cm³/mol. The van der Waals surface area contributed by atoms with Crippen LogP contribution in [0, 0.1) is 0 Å². The van der Waals surface area contributed by atoms with Gasteiger partial charge in [0.05, 0.1) is 6.21 Å². The lowest BCUT2D eigenvalue weighted by molar-refractivity contribution is 0.363. The van der Waals surface area contributed by atoms with Crippen LogP contribution in [0.2, 0.25) is 0 Å². The van der Waals surface area contributed by atoms with Gasteiger partial charge >= 0.3 is 0 Å². The van der Waals surface area contributed by atoms with Crippen molar-refractivity contribution >= 4 is 12.2 Å². The van der Waals surface area contributed by atoms with Gasteiger partial charge in [-0.3, -0.25) is 0 Å². The first-order chi connectivity index (χ1) is 7.72. The van der Waals surface area contributed by atoms with Gasteiger partial charge in [-0.1, -0.05) is 12.7 Å². The zero-order valence-corrected chi connectivity index (χ0v) is 8.84. The molecule has 0 amide bonds. The molecule has 0 radical (unpaired) electrons. The van der Waals surface area contributed by atoms with Crippen molar-refractivity contribution in [2.75, 3.05) is 6.61 Å². The maximum absolute atomic E-state index is 5.32. The molecule has 0 saturated heterocycles. The Labute approximate surface area is 94.1 Å². The van der Waals surface area contributed by atoms with E-state index >= 15 is 0 Å². The highest BCUT2D eigenvalue weighted by atomic mass is 16.5. The molecule has 16 heavy (non-hydrogen) atoms. The number of benzene rings is 1. The van der Waals surface area contributed by atoms with Crippen molar-refractivity contribution in [3.8, 4) is 5.75 Å². The van der Waals surface area contributed by atoms with Crippen molar-refractivity contribution in [1.82, 2.24) is 0 Å². The monoisotopic (exact) mass is 218 g/mol. The van der Waals surface area contributed by atoms with Crippen molar-refractivity contribution < 1.29 is 4.74 Å². The molecule has 0 spiro atoms. The average molecular weight is 218 g/mol. The Morgan fingerprint density at radius 1 is 1.31 bits per heavy atom. The molecule has 1 rings (SSSR count).